The van der Waals surface area contributed by atoms with Crippen molar-refractivity contribution in [3.05, 3.63) is 34.9 Å². The minimum Gasteiger partial charge on any atom is -0.324 e. The summed E-state index contributed by atoms with van der Waals surface area (Å²) < 4.78 is 0. The van der Waals surface area contributed by atoms with Crippen molar-refractivity contribution in [3.8, 4) is 0 Å². The Kier molecular flexibility index (Phi) is 6.34. The van der Waals surface area contributed by atoms with E-state index in [1.807, 2.05) is 24.3 Å². The van der Waals surface area contributed by atoms with Crippen LogP contribution in [-0.4, -0.2) is 25.0 Å². The molecule has 1 aliphatic rings. The van der Waals surface area contributed by atoms with Crippen LogP contribution in [0.25, 0.3) is 0 Å². The maximum atomic E-state index is 6.27. The van der Waals surface area contributed by atoms with E-state index in [0.29, 0.717) is 0 Å². The van der Waals surface area contributed by atoms with Crippen molar-refractivity contribution in [1.29, 1.82) is 0 Å². The number of hydrogen-bond acceptors (Lipinski definition) is 2. The van der Waals surface area contributed by atoms with Gasteiger partial charge in [-0.3, -0.25) is 0 Å². The Balaban J connectivity index is 1.75. The highest BCUT2D eigenvalue weighted by Gasteiger charge is 2.16. The van der Waals surface area contributed by atoms with Gasteiger partial charge < -0.3 is 10.6 Å². The number of hydrogen-bond donors (Lipinski definition) is 1. The number of nitrogens with two attached hydrogens (primary N) is 1. The standard InChI is InChI=1S/C17H27ClN2/c1-20(13-14-7-3-2-4-8-14)12-11-17(19)15-9-5-6-10-16(15)18/h5-6,9-10,14,17H,2-4,7-8,11-13,19H2,1H3. The largest absolute Gasteiger partial charge is 0.324 e. The Morgan fingerprint density at radius 2 is 1.95 bits per heavy atom. The van der Waals surface area contributed by atoms with Crippen LogP contribution in [0.3, 0.4) is 0 Å². The van der Waals surface area contributed by atoms with Gasteiger partial charge in [0.15, 0.2) is 0 Å². The predicted molar refractivity (Wildman–Crippen MR) is 87.1 cm³/mol. The number of nitrogens with zero attached hydrogens (tertiary/aromatic N) is 1. The second-order valence-electron chi connectivity index (χ2n) is 6.18. The normalized spacial score (nSPS) is 18.4. The van der Waals surface area contributed by atoms with Crippen molar-refractivity contribution in [3.63, 3.8) is 0 Å². The summed E-state index contributed by atoms with van der Waals surface area (Å²) in [6.45, 7) is 2.26. The number of rotatable bonds is 6. The third-order valence-electron chi connectivity index (χ3n) is 4.42. The van der Waals surface area contributed by atoms with Gasteiger partial charge in [0, 0.05) is 17.6 Å². The summed E-state index contributed by atoms with van der Waals surface area (Å²) in [5.74, 6) is 0.894. The van der Waals surface area contributed by atoms with Gasteiger partial charge in [-0.05, 0) is 50.4 Å². The van der Waals surface area contributed by atoms with Gasteiger partial charge in [-0.25, -0.2) is 0 Å². The highest BCUT2D eigenvalue weighted by Crippen LogP contribution is 2.25. The third-order valence-corrected chi connectivity index (χ3v) is 4.77. The molecule has 0 saturated heterocycles. The molecule has 2 nitrogen and oxygen atoms in total. The number of halogens is 1. The van der Waals surface area contributed by atoms with Crippen LogP contribution in [0.4, 0.5) is 0 Å². The van der Waals surface area contributed by atoms with E-state index in [1.54, 1.807) is 0 Å². The molecule has 1 saturated carbocycles. The average molecular weight is 295 g/mol. The molecule has 1 atom stereocenters. The van der Waals surface area contributed by atoms with Crippen molar-refractivity contribution in [2.75, 3.05) is 20.1 Å². The minimum absolute atomic E-state index is 0.0394. The first-order valence-corrected chi connectivity index (χ1v) is 8.23. The monoisotopic (exact) mass is 294 g/mol. The average Bonchev–Trinajstić information content (AvgIpc) is 2.46. The molecule has 1 aliphatic carbocycles. The molecule has 112 valence electrons. The van der Waals surface area contributed by atoms with Crippen LogP contribution in [0.15, 0.2) is 24.3 Å². The lowest BCUT2D eigenvalue weighted by Crippen LogP contribution is -2.29. The fraction of sp³-hybridized carbons (Fsp3) is 0.647. The van der Waals surface area contributed by atoms with Crippen molar-refractivity contribution in [1.82, 2.24) is 4.90 Å². The zero-order valence-corrected chi connectivity index (χ0v) is 13.3. The van der Waals surface area contributed by atoms with Crippen molar-refractivity contribution in [2.24, 2.45) is 11.7 Å². The summed E-state index contributed by atoms with van der Waals surface area (Å²) in [6.07, 6.45) is 8.03. The van der Waals surface area contributed by atoms with Gasteiger partial charge in [0.25, 0.3) is 0 Å². The topological polar surface area (TPSA) is 29.3 Å². The van der Waals surface area contributed by atoms with E-state index in [9.17, 15) is 0 Å². The molecule has 0 bridgehead atoms. The molecule has 2 N–H and O–H groups in total. The van der Waals surface area contributed by atoms with Crippen LogP contribution in [-0.2, 0) is 0 Å². The lowest BCUT2D eigenvalue weighted by Gasteiger charge is -2.27. The lowest BCUT2D eigenvalue weighted by molar-refractivity contribution is 0.228. The van der Waals surface area contributed by atoms with Gasteiger partial charge in [-0.2, -0.15) is 0 Å². The maximum absolute atomic E-state index is 6.27. The maximum Gasteiger partial charge on any atom is 0.0453 e. The van der Waals surface area contributed by atoms with Gasteiger partial charge >= 0.3 is 0 Å². The van der Waals surface area contributed by atoms with Gasteiger partial charge in [0.1, 0.15) is 0 Å². The first-order valence-electron chi connectivity index (χ1n) is 7.85. The molecule has 0 radical (unpaired) electrons. The lowest BCUT2D eigenvalue weighted by atomic mass is 9.89. The molecule has 0 heterocycles. The van der Waals surface area contributed by atoms with Crippen LogP contribution < -0.4 is 5.73 Å². The molecule has 20 heavy (non-hydrogen) atoms. The Morgan fingerprint density at radius 1 is 1.25 bits per heavy atom. The van der Waals surface area contributed by atoms with Crippen molar-refractivity contribution >= 4 is 11.6 Å². The quantitative estimate of drug-likeness (QED) is 0.850. The fourth-order valence-electron chi connectivity index (χ4n) is 3.19. The summed E-state index contributed by atoms with van der Waals surface area (Å²) in [5, 5.41) is 0.787. The van der Waals surface area contributed by atoms with Crippen molar-refractivity contribution < 1.29 is 0 Å². The molecule has 1 unspecified atom stereocenters. The van der Waals surface area contributed by atoms with Gasteiger partial charge in [0.05, 0.1) is 0 Å². The van der Waals surface area contributed by atoms with E-state index in [1.165, 1.54) is 38.6 Å². The van der Waals surface area contributed by atoms with Crippen molar-refractivity contribution in [2.45, 2.75) is 44.6 Å². The molecule has 1 aromatic rings. The molecule has 1 aromatic carbocycles. The van der Waals surface area contributed by atoms with E-state index in [-0.39, 0.29) is 6.04 Å². The predicted octanol–water partition coefficient (Wildman–Crippen LogP) is 4.24. The molecule has 1 fully saturated rings. The summed E-state index contributed by atoms with van der Waals surface area (Å²) in [5.41, 5.74) is 7.34. The molecule has 3 heteroatoms. The Hall–Kier alpha value is -0.570. The van der Waals surface area contributed by atoms with Gasteiger partial charge in [0.2, 0.25) is 0 Å². The summed E-state index contributed by atoms with van der Waals surface area (Å²) in [4.78, 5) is 2.44. The molecule has 0 spiro atoms. The summed E-state index contributed by atoms with van der Waals surface area (Å²) >= 11 is 6.20. The Labute approximate surface area is 128 Å². The third kappa shape index (κ3) is 4.76. The second-order valence-corrected chi connectivity index (χ2v) is 6.59. The molecular formula is C17H27ClN2. The van der Waals surface area contributed by atoms with E-state index >= 15 is 0 Å². The molecule has 0 aromatic heterocycles. The van der Waals surface area contributed by atoms with Crippen LogP contribution >= 0.6 is 11.6 Å². The second kappa shape index (κ2) is 8.02. The van der Waals surface area contributed by atoms with E-state index in [2.05, 4.69) is 11.9 Å². The number of benzene rings is 1. The van der Waals surface area contributed by atoms with Crippen LogP contribution in [0, 0.1) is 5.92 Å². The molecule has 2 rings (SSSR count). The van der Waals surface area contributed by atoms with Crippen LogP contribution in [0.1, 0.15) is 50.1 Å². The zero-order chi connectivity index (χ0) is 14.4. The molecular weight excluding hydrogens is 268 g/mol. The zero-order valence-electron chi connectivity index (χ0n) is 12.5. The highest BCUT2D eigenvalue weighted by atomic mass is 35.5. The van der Waals surface area contributed by atoms with E-state index in [0.717, 1.165) is 29.5 Å². The summed E-state index contributed by atoms with van der Waals surface area (Å²) in [6, 6.07) is 7.95. The van der Waals surface area contributed by atoms with Crippen LogP contribution in [0.2, 0.25) is 5.02 Å². The van der Waals surface area contributed by atoms with E-state index < -0.39 is 0 Å². The Bertz CT molecular complexity index is 402. The fourth-order valence-corrected chi connectivity index (χ4v) is 3.47. The van der Waals surface area contributed by atoms with Crippen LogP contribution in [0.5, 0.6) is 0 Å². The van der Waals surface area contributed by atoms with E-state index in [4.69, 9.17) is 17.3 Å². The minimum atomic E-state index is 0.0394. The van der Waals surface area contributed by atoms with Gasteiger partial charge in [-0.1, -0.05) is 49.1 Å². The SMILES string of the molecule is CN(CCC(N)c1ccccc1Cl)CC1CCCCC1. The molecule has 0 amide bonds. The summed E-state index contributed by atoms with van der Waals surface area (Å²) in [7, 11) is 2.22. The first kappa shape index (κ1) is 15.8. The Morgan fingerprint density at radius 3 is 2.65 bits per heavy atom. The molecule has 0 aliphatic heterocycles. The first-order chi connectivity index (χ1) is 9.66. The smallest absolute Gasteiger partial charge is 0.0453 e. The highest BCUT2D eigenvalue weighted by molar-refractivity contribution is 6.31. The van der Waals surface area contributed by atoms with Gasteiger partial charge in [-0.15, -0.1) is 0 Å².